The Morgan fingerprint density at radius 1 is 1.31 bits per heavy atom. The molecular weight excluding hydrogens is 497 g/mol. The van der Waals surface area contributed by atoms with Gasteiger partial charge in [0.25, 0.3) is 0 Å². The Labute approximate surface area is 193 Å². The second-order valence-electron chi connectivity index (χ2n) is 6.62. The molecule has 0 bridgehead atoms. The van der Waals surface area contributed by atoms with Gasteiger partial charge in [-0.1, -0.05) is 12.1 Å². The molecule has 3 rings (SSSR count). The van der Waals surface area contributed by atoms with Crippen LogP contribution in [0.3, 0.4) is 0 Å². The summed E-state index contributed by atoms with van der Waals surface area (Å²) in [6, 6.07) is 10.4. The molecule has 0 saturated heterocycles. The molecule has 3 aromatic rings. The summed E-state index contributed by atoms with van der Waals surface area (Å²) in [4.78, 5) is 11.3. The molecule has 2 aromatic heterocycles. The van der Waals surface area contributed by atoms with Crippen LogP contribution in [-0.4, -0.2) is 41.4 Å². The number of rotatable bonds is 7. The summed E-state index contributed by atoms with van der Waals surface area (Å²) in [5.41, 5.74) is 3.18. The van der Waals surface area contributed by atoms with Crippen molar-refractivity contribution in [3.05, 3.63) is 59.4 Å². The van der Waals surface area contributed by atoms with E-state index in [1.165, 1.54) is 5.56 Å². The van der Waals surface area contributed by atoms with Crippen molar-refractivity contribution in [2.24, 2.45) is 4.99 Å². The van der Waals surface area contributed by atoms with Gasteiger partial charge < -0.3 is 15.5 Å². The average molecular weight is 525 g/mol. The van der Waals surface area contributed by atoms with Crippen molar-refractivity contribution < 1.29 is 0 Å². The van der Waals surface area contributed by atoms with Crippen LogP contribution in [0.1, 0.15) is 31.1 Å². The van der Waals surface area contributed by atoms with Crippen molar-refractivity contribution in [3.63, 3.8) is 0 Å². The first-order valence-electron chi connectivity index (χ1n) is 9.33. The van der Waals surface area contributed by atoms with E-state index in [9.17, 15) is 0 Å². The van der Waals surface area contributed by atoms with Crippen LogP contribution in [0.4, 0.5) is 5.13 Å². The fraction of sp³-hybridized carbons (Fsp3) is 0.350. The van der Waals surface area contributed by atoms with Gasteiger partial charge in [0.05, 0.1) is 24.0 Å². The number of nitrogens with zero attached hydrogens (tertiary/aromatic N) is 5. The maximum Gasteiger partial charge on any atom is 0.192 e. The molecule has 0 saturated carbocycles. The van der Waals surface area contributed by atoms with Gasteiger partial charge in [-0.25, -0.2) is 14.7 Å². The minimum atomic E-state index is 0. The molecule has 1 unspecified atom stereocenters. The smallest absolute Gasteiger partial charge is 0.192 e. The van der Waals surface area contributed by atoms with Crippen molar-refractivity contribution in [1.82, 2.24) is 25.4 Å². The van der Waals surface area contributed by atoms with Crippen LogP contribution < -0.4 is 15.5 Å². The molecule has 0 aliphatic rings. The Balaban J connectivity index is 0.00000300. The highest BCUT2D eigenvalue weighted by atomic mass is 127. The molecular formula is C20H28IN7S. The average Bonchev–Trinajstić information content (AvgIpc) is 3.38. The second kappa shape index (κ2) is 11.1. The van der Waals surface area contributed by atoms with E-state index in [0.717, 1.165) is 29.0 Å². The van der Waals surface area contributed by atoms with Crippen LogP contribution >= 0.6 is 35.3 Å². The lowest BCUT2D eigenvalue weighted by molar-refractivity contribution is 0.684. The molecule has 156 valence electrons. The molecule has 0 amide bonds. The quantitative estimate of drug-likeness (QED) is 0.279. The zero-order chi connectivity index (χ0) is 19.9. The van der Waals surface area contributed by atoms with E-state index in [2.05, 4.69) is 52.1 Å². The number of benzene rings is 1. The molecule has 2 heterocycles. The zero-order valence-electron chi connectivity index (χ0n) is 17.2. The largest absolute Gasteiger partial charge is 0.357 e. The summed E-state index contributed by atoms with van der Waals surface area (Å²) in [5.74, 6) is 0.777. The van der Waals surface area contributed by atoms with Crippen molar-refractivity contribution in [2.75, 3.05) is 25.5 Å². The second-order valence-corrected chi connectivity index (χ2v) is 7.46. The molecule has 0 aliphatic heterocycles. The third-order valence-electron chi connectivity index (χ3n) is 4.16. The molecule has 2 N–H and O–H groups in total. The maximum atomic E-state index is 4.70. The Morgan fingerprint density at radius 3 is 2.79 bits per heavy atom. The molecule has 1 aromatic carbocycles. The Morgan fingerprint density at radius 2 is 2.14 bits per heavy atom. The van der Waals surface area contributed by atoms with Gasteiger partial charge in [-0.15, -0.1) is 35.3 Å². The van der Waals surface area contributed by atoms with E-state index in [-0.39, 0.29) is 30.0 Å². The summed E-state index contributed by atoms with van der Waals surface area (Å²) in [7, 11) is 3.99. The normalized spacial score (nSPS) is 12.2. The fourth-order valence-corrected chi connectivity index (χ4v) is 3.45. The number of thiazole rings is 1. The number of nitrogens with one attached hydrogen (secondary N) is 2. The summed E-state index contributed by atoms with van der Waals surface area (Å²) < 4.78 is 1.86. The highest BCUT2D eigenvalue weighted by Crippen LogP contribution is 2.19. The number of aromatic nitrogens is 3. The summed E-state index contributed by atoms with van der Waals surface area (Å²) >= 11 is 1.63. The summed E-state index contributed by atoms with van der Waals surface area (Å²) in [6.07, 6.45) is 3.73. The van der Waals surface area contributed by atoms with Crippen LogP contribution in [0, 0.1) is 0 Å². The van der Waals surface area contributed by atoms with Crippen molar-refractivity contribution in [3.8, 4) is 5.69 Å². The maximum absolute atomic E-state index is 4.70. The molecule has 0 aliphatic carbocycles. The highest BCUT2D eigenvalue weighted by molar-refractivity contribution is 14.0. The monoisotopic (exact) mass is 525 g/mol. The Hall–Kier alpha value is -2.14. The van der Waals surface area contributed by atoms with Gasteiger partial charge in [-0.2, -0.15) is 5.10 Å². The molecule has 0 spiro atoms. The summed E-state index contributed by atoms with van der Waals surface area (Å²) in [6.45, 7) is 5.53. The van der Waals surface area contributed by atoms with Crippen molar-refractivity contribution in [1.29, 1.82) is 0 Å². The highest BCUT2D eigenvalue weighted by Gasteiger charge is 2.10. The van der Waals surface area contributed by atoms with Gasteiger partial charge in [0, 0.05) is 38.4 Å². The van der Waals surface area contributed by atoms with Crippen LogP contribution in [0.5, 0.6) is 0 Å². The Kier molecular flexibility index (Phi) is 8.90. The number of aliphatic imine (C=N–C) groups is 1. The zero-order valence-corrected chi connectivity index (χ0v) is 20.3. The summed E-state index contributed by atoms with van der Waals surface area (Å²) in [5, 5.41) is 14.1. The number of halogens is 1. The van der Waals surface area contributed by atoms with Gasteiger partial charge in [-0.3, -0.25) is 0 Å². The minimum absolute atomic E-state index is 0. The lowest BCUT2D eigenvalue weighted by Gasteiger charge is -2.19. The number of guanidine groups is 1. The molecule has 0 fully saturated rings. The predicted octanol–water partition coefficient (Wildman–Crippen LogP) is 3.83. The first-order valence-corrected chi connectivity index (χ1v) is 10.2. The van der Waals surface area contributed by atoms with E-state index in [0.29, 0.717) is 6.54 Å². The van der Waals surface area contributed by atoms with Gasteiger partial charge in [0.2, 0.25) is 0 Å². The fourth-order valence-electron chi connectivity index (χ4n) is 2.70. The van der Waals surface area contributed by atoms with Gasteiger partial charge >= 0.3 is 0 Å². The minimum Gasteiger partial charge on any atom is -0.357 e. The molecule has 0 radical (unpaired) electrons. The van der Waals surface area contributed by atoms with Crippen LogP contribution in [0.2, 0.25) is 0 Å². The van der Waals surface area contributed by atoms with Gasteiger partial charge in [-0.05, 0) is 37.6 Å². The lowest BCUT2D eigenvalue weighted by Crippen LogP contribution is -2.38. The first-order chi connectivity index (χ1) is 13.6. The van der Waals surface area contributed by atoms with E-state index < -0.39 is 0 Å². The standard InChI is InChI=1S/C20H27N7S.HI/c1-5-21-19(22-13-17-14-28-20(25-17)26(3)4)24-15(2)16-8-6-9-18(12-16)27-11-7-10-23-27;/h6-12,14-15H,5,13H2,1-4H3,(H2,21,22,24);1H. The van der Waals surface area contributed by atoms with E-state index >= 15 is 0 Å². The van der Waals surface area contributed by atoms with Crippen molar-refractivity contribution in [2.45, 2.75) is 26.4 Å². The van der Waals surface area contributed by atoms with E-state index in [4.69, 9.17) is 4.99 Å². The van der Waals surface area contributed by atoms with Gasteiger partial charge in [0.15, 0.2) is 11.1 Å². The predicted molar refractivity (Wildman–Crippen MR) is 132 cm³/mol. The number of hydrogen-bond acceptors (Lipinski definition) is 5. The van der Waals surface area contributed by atoms with E-state index in [1.807, 2.05) is 48.1 Å². The lowest BCUT2D eigenvalue weighted by atomic mass is 10.1. The molecule has 29 heavy (non-hydrogen) atoms. The Bertz CT molecular complexity index is 905. The molecule has 9 heteroatoms. The third-order valence-corrected chi connectivity index (χ3v) is 5.22. The van der Waals surface area contributed by atoms with Crippen LogP contribution in [-0.2, 0) is 6.54 Å². The number of hydrogen-bond donors (Lipinski definition) is 2. The topological polar surface area (TPSA) is 70.4 Å². The van der Waals surface area contributed by atoms with Gasteiger partial charge in [0.1, 0.15) is 0 Å². The van der Waals surface area contributed by atoms with E-state index in [1.54, 1.807) is 17.5 Å². The van der Waals surface area contributed by atoms with Crippen molar-refractivity contribution >= 4 is 46.4 Å². The third kappa shape index (κ3) is 6.43. The van der Waals surface area contributed by atoms with Crippen LogP contribution in [0.25, 0.3) is 5.69 Å². The number of anilines is 1. The molecule has 7 nitrogen and oxygen atoms in total. The van der Waals surface area contributed by atoms with Crippen LogP contribution in [0.15, 0.2) is 53.1 Å². The first kappa shape index (κ1) is 23.1. The molecule has 1 atom stereocenters. The SMILES string of the molecule is CCNC(=NCc1csc(N(C)C)n1)NC(C)c1cccc(-n2cccn2)c1.I.